The van der Waals surface area contributed by atoms with Crippen molar-refractivity contribution >= 4 is 29.1 Å². The predicted octanol–water partition coefficient (Wildman–Crippen LogP) is 4.11. The number of ether oxygens (including phenoxy) is 1. The molecule has 0 saturated heterocycles. The van der Waals surface area contributed by atoms with Gasteiger partial charge in [0.2, 0.25) is 0 Å². The Morgan fingerprint density at radius 1 is 1.14 bits per heavy atom. The van der Waals surface area contributed by atoms with Crippen molar-refractivity contribution in [3.63, 3.8) is 0 Å². The summed E-state index contributed by atoms with van der Waals surface area (Å²) in [6.07, 6.45) is 0. The molecule has 1 N–H and O–H groups in total. The lowest BCUT2D eigenvalue weighted by Crippen LogP contribution is -2.28. The molecule has 3 nitrogen and oxygen atoms in total. The highest BCUT2D eigenvalue weighted by Crippen LogP contribution is 2.21. The summed E-state index contributed by atoms with van der Waals surface area (Å²) in [7, 11) is 0. The molecule has 0 fully saturated rings. The van der Waals surface area contributed by atoms with Crippen molar-refractivity contribution in [2.24, 2.45) is 0 Å². The number of hydrogen-bond donors (Lipinski definition) is 1. The van der Waals surface area contributed by atoms with E-state index >= 15 is 0 Å². The fourth-order valence-electron chi connectivity index (χ4n) is 1.70. The maximum Gasteiger partial charge on any atom is 0.251 e. The molecule has 21 heavy (non-hydrogen) atoms. The molecule has 0 aliphatic rings. The highest BCUT2D eigenvalue weighted by Gasteiger charge is 2.04. The van der Waals surface area contributed by atoms with Crippen molar-refractivity contribution in [1.82, 2.24) is 5.32 Å². The first-order valence-electron chi connectivity index (χ1n) is 6.49. The standard InChI is InChI=1S/C16H15Cl2NO2/c1-11-2-7-14(10-15(11)18)21-9-8-19-16(20)12-3-5-13(17)6-4-12/h2-7,10H,8-9H2,1H3,(H,19,20). The maximum atomic E-state index is 11.8. The molecule has 0 spiro atoms. The average molecular weight is 324 g/mol. The molecule has 5 heteroatoms. The first-order valence-corrected chi connectivity index (χ1v) is 7.24. The summed E-state index contributed by atoms with van der Waals surface area (Å²) < 4.78 is 5.53. The third kappa shape index (κ3) is 4.66. The lowest BCUT2D eigenvalue weighted by molar-refractivity contribution is 0.0947. The Hall–Kier alpha value is -1.71. The van der Waals surface area contributed by atoms with Crippen molar-refractivity contribution in [1.29, 1.82) is 0 Å². The molecule has 2 rings (SSSR count). The monoisotopic (exact) mass is 323 g/mol. The van der Waals surface area contributed by atoms with Gasteiger partial charge in [0, 0.05) is 15.6 Å². The van der Waals surface area contributed by atoms with E-state index in [2.05, 4.69) is 5.32 Å². The Kier molecular flexibility index (Phi) is 5.48. The number of aryl methyl sites for hydroxylation is 1. The molecular weight excluding hydrogens is 309 g/mol. The number of benzene rings is 2. The normalized spacial score (nSPS) is 10.2. The van der Waals surface area contributed by atoms with Gasteiger partial charge in [-0.05, 0) is 48.9 Å². The van der Waals surface area contributed by atoms with Gasteiger partial charge in [-0.25, -0.2) is 0 Å². The predicted molar refractivity (Wildman–Crippen MR) is 85.5 cm³/mol. The van der Waals surface area contributed by atoms with Crippen molar-refractivity contribution in [3.8, 4) is 5.75 Å². The summed E-state index contributed by atoms with van der Waals surface area (Å²) in [5.74, 6) is 0.531. The third-order valence-electron chi connectivity index (χ3n) is 2.91. The van der Waals surface area contributed by atoms with Crippen LogP contribution in [0.5, 0.6) is 5.75 Å². The van der Waals surface area contributed by atoms with E-state index in [4.69, 9.17) is 27.9 Å². The Bertz CT molecular complexity index is 627. The van der Waals surface area contributed by atoms with Crippen LogP contribution in [0.4, 0.5) is 0 Å². The summed E-state index contributed by atoms with van der Waals surface area (Å²) in [4.78, 5) is 11.8. The number of carbonyl (C=O) groups excluding carboxylic acids is 1. The van der Waals surface area contributed by atoms with E-state index in [9.17, 15) is 4.79 Å². The van der Waals surface area contributed by atoms with E-state index in [-0.39, 0.29) is 5.91 Å². The largest absolute Gasteiger partial charge is 0.492 e. The number of amides is 1. The van der Waals surface area contributed by atoms with Gasteiger partial charge >= 0.3 is 0 Å². The fraction of sp³-hybridized carbons (Fsp3) is 0.188. The van der Waals surface area contributed by atoms with Crippen LogP contribution >= 0.6 is 23.2 Å². The molecule has 0 unspecified atom stereocenters. The fourth-order valence-corrected chi connectivity index (χ4v) is 2.00. The molecule has 0 bridgehead atoms. The smallest absolute Gasteiger partial charge is 0.251 e. The minimum Gasteiger partial charge on any atom is -0.492 e. The topological polar surface area (TPSA) is 38.3 Å². The van der Waals surface area contributed by atoms with Gasteiger partial charge in [0.25, 0.3) is 5.91 Å². The Labute approximate surface area is 133 Å². The summed E-state index contributed by atoms with van der Waals surface area (Å²) in [6, 6.07) is 12.2. The maximum absolute atomic E-state index is 11.8. The number of nitrogens with one attached hydrogen (secondary N) is 1. The van der Waals surface area contributed by atoms with E-state index in [0.29, 0.717) is 34.5 Å². The van der Waals surface area contributed by atoms with E-state index in [1.807, 2.05) is 19.1 Å². The third-order valence-corrected chi connectivity index (χ3v) is 3.57. The van der Waals surface area contributed by atoms with E-state index in [1.54, 1.807) is 30.3 Å². The molecule has 0 saturated carbocycles. The van der Waals surface area contributed by atoms with Crippen LogP contribution in [-0.4, -0.2) is 19.1 Å². The molecule has 1 amide bonds. The first kappa shape index (κ1) is 15.7. The van der Waals surface area contributed by atoms with Crippen molar-refractivity contribution in [3.05, 3.63) is 63.6 Å². The van der Waals surface area contributed by atoms with Gasteiger partial charge in [-0.3, -0.25) is 4.79 Å². The number of halogens is 2. The quantitative estimate of drug-likeness (QED) is 0.841. The van der Waals surface area contributed by atoms with Gasteiger partial charge in [-0.15, -0.1) is 0 Å². The second-order valence-corrected chi connectivity index (χ2v) is 5.37. The Morgan fingerprint density at radius 2 is 1.86 bits per heavy atom. The summed E-state index contributed by atoms with van der Waals surface area (Å²) in [6.45, 7) is 2.71. The van der Waals surface area contributed by atoms with Crippen molar-refractivity contribution in [2.45, 2.75) is 6.92 Å². The molecule has 0 radical (unpaired) electrons. The number of hydrogen-bond acceptors (Lipinski definition) is 2. The summed E-state index contributed by atoms with van der Waals surface area (Å²) in [5.41, 5.74) is 1.57. The number of carbonyl (C=O) groups is 1. The second-order valence-electron chi connectivity index (χ2n) is 4.52. The van der Waals surface area contributed by atoms with E-state index in [1.165, 1.54) is 0 Å². The molecule has 0 aromatic heterocycles. The van der Waals surface area contributed by atoms with Crippen molar-refractivity contribution < 1.29 is 9.53 Å². The molecule has 2 aromatic rings. The van der Waals surface area contributed by atoms with Crippen LogP contribution in [0.1, 0.15) is 15.9 Å². The molecule has 0 atom stereocenters. The second kappa shape index (κ2) is 7.34. The van der Waals surface area contributed by atoms with E-state index < -0.39 is 0 Å². The summed E-state index contributed by atoms with van der Waals surface area (Å²) in [5, 5.41) is 4.04. The Balaban J connectivity index is 1.77. The zero-order valence-corrected chi connectivity index (χ0v) is 13.0. The molecule has 0 heterocycles. The van der Waals surface area contributed by atoms with Crippen LogP contribution in [0.15, 0.2) is 42.5 Å². The lowest BCUT2D eigenvalue weighted by atomic mass is 10.2. The van der Waals surface area contributed by atoms with Crippen LogP contribution in [0.25, 0.3) is 0 Å². The van der Waals surface area contributed by atoms with Gasteiger partial charge < -0.3 is 10.1 Å². The molecule has 0 aliphatic heterocycles. The molecular formula is C16H15Cl2NO2. The van der Waals surface area contributed by atoms with Gasteiger partial charge in [-0.2, -0.15) is 0 Å². The van der Waals surface area contributed by atoms with Gasteiger partial charge in [-0.1, -0.05) is 29.3 Å². The van der Waals surface area contributed by atoms with Crippen molar-refractivity contribution in [2.75, 3.05) is 13.2 Å². The average Bonchev–Trinajstić information content (AvgIpc) is 2.47. The van der Waals surface area contributed by atoms with Gasteiger partial charge in [0.15, 0.2) is 0 Å². The van der Waals surface area contributed by atoms with E-state index in [0.717, 1.165) is 5.56 Å². The molecule has 0 aliphatic carbocycles. The molecule has 2 aromatic carbocycles. The van der Waals surface area contributed by atoms with Crippen LogP contribution in [-0.2, 0) is 0 Å². The highest BCUT2D eigenvalue weighted by atomic mass is 35.5. The highest BCUT2D eigenvalue weighted by molar-refractivity contribution is 6.31. The zero-order valence-electron chi connectivity index (χ0n) is 11.5. The zero-order chi connectivity index (χ0) is 15.2. The SMILES string of the molecule is Cc1ccc(OCCNC(=O)c2ccc(Cl)cc2)cc1Cl. The van der Waals surface area contributed by atoms with Crippen LogP contribution in [0.2, 0.25) is 10.0 Å². The molecule has 110 valence electrons. The van der Waals surface area contributed by atoms with Crippen LogP contribution < -0.4 is 10.1 Å². The van der Waals surface area contributed by atoms with Crippen LogP contribution in [0.3, 0.4) is 0 Å². The van der Waals surface area contributed by atoms with Gasteiger partial charge in [0.05, 0.1) is 6.54 Å². The number of rotatable bonds is 5. The van der Waals surface area contributed by atoms with Gasteiger partial charge in [0.1, 0.15) is 12.4 Å². The van der Waals surface area contributed by atoms with Crippen LogP contribution in [0, 0.1) is 6.92 Å². The minimum atomic E-state index is -0.155. The summed E-state index contributed by atoms with van der Waals surface area (Å²) >= 11 is 11.8. The first-order chi connectivity index (χ1) is 10.1. The Morgan fingerprint density at radius 3 is 2.52 bits per heavy atom. The minimum absolute atomic E-state index is 0.155. The lowest BCUT2D eigenvalue weighted by Gasteiger charge is -2.09.